The van der Waals surface area contributed by atoms with E-state index in [2.05, 4.69) is 0 Å². The van der Waals surface area contributed by atoms with Crippen molar-refractivity contribution in [3.63, 3.8) is 0 Å². The molecule has 0 aromatic carbocycles. The fraction of sp³-hybridized carbons (Fsp3) is 0.143. The zero-order chi connectivity index (χ0) is 4.12. The summed E-state index contributed by atoms with van der Waals surface area (Å²) < 4.78 is 0. The van der Waals surface area contributed by atoms with Crippen LogP contribution in [-0.2, 0) is 26.2 Å². The fourth-order valence-corrected chi connectivity index (χ4v) is 0.111. The molecule has 1 heteroatoms. The van der Waals surface area contributed by atoms with Crippen molar-refractivity contribution in [2.24, 2.45) is 0 Å². The van der Waals surface area contributed by atoms with E-state index in [1.165, 1.54) is 6.08 Å². The van der Waals surface area contributed by atoms with E-state index in [-0.39, 0.29) is 41.1 Å². The quantitative estimate of drug-likeness (QED) is 0.438. The van der Waals surface area contributed by atoms with Crippen LogP contribution < -0.4 is 0 Å². The van der Waals surface area contributed by atoms with Gasteiger partial charge in [0.25, 0.3) is 0 Å². The van der Waals surface area contributed by atoms with Gasteiger partial charge in [-0.1, -0.05) is 6.92 Å². The molecule has 0 unspecified atom stereocenters. The SMILES string of the molecule is [CH-]=CC=CC.[CH3-].[CH3-].[Zr+3]. The summed E-state index contributed by atoms with van der Waals surface area (Å²) in [7, 11) is 0. The first kappa shape index (κ1) is 23.8. The molecule has 0 amide bonds. The van der Waals surface area contributed by atoms with Crippen LogP contribution in [0.2, 0.25) is 0 Å². The molecular formula is C7H13Zr. The Morgan fingerprint density at radius 2 is 1.62 bits per heavy atom. The number of hydrogen-bond donors (Lipinski definition) is 0. The van der Waals surface area contributed by atoms with Gasteiger partial charge in [-0.2, -0.15) is 6.08 Å². The normalized spacial score (nSPS) is 5.62. The maximum Gasteiger partial charge on any atom is 3.00 e. The van der Waals surface area contributed by atoms with Gasteiger partial charge in [0, 0.05) is 0 Å². The standard InChI is InChI=1S/C5H7.2CH3.Zr/c1-3-5-4-2;;;/h1,3-5H,2H3;2*1H3;/q3*-1;+3. The van der Waals surface area contributed by atoms with Gasteiger partial charge in [-0.05, 0) is 0 Å². The monoisotopic (exact) mass is 187 g/mol. The van der Waals surface area contributed by atoms with Gasteiger partial charge in [0.05, 0.1) is 0 Å². The predicted molar refractivity (Wildman–Crippen MR) is 36.5 cm³/mol. The molecule has 0 bridgehead atoms. The molecule has 45 valence electrons. The Morgan fingerprint density at radius 1 is 1.25 bits per heavy atom. The van der Waals surface area contributed by atoms with Gasteiger partial charge in [0.1, 0.15) is 0 Å². The third-order valence-electron chi connectivity index (χ3n) is 0.304. The van der Waals surface area contributed by atoms with Crippen LogP contribution in [-0.4, -0.2) is 0 Å². The van der Waals surface area contributed by atoms with Crippen molar-refractivity contribution in [1.82, 2.24) is 0 Å². The van der Waals surface area contributed by atoms with E-state index in [0.717, 1.165) is 0 Å². The minimum Gasteiger partial charge on any atom is -0.358 e. The molecule has 0 atom stereocenters. The molecule has 8 heavy (non-hydrogen) atoms. The van der Waals surface area contributed by atoms with Gasteiger partial charge in [0.15, 0.2) is 0 Å². The molecule has 0 rings (SSSR count). The zero-order valence-corrected chi connectivity index (χ0v) is 8.27. The molecule has 0 fully saturated rings. The van der Waals surface area contributed by atoms with Crippen molar-refractivity contribution in [2.45, 2.75) is 6.92 Å². The molecule has 0 saturated carbocycles. The Hall–Kier alpha value is 0.363. The van der Waals surface area contributed by atoms with Gasteiger partial charge < -0.3 is 14.9 Å². The average molecular weight is 188 g/mol. The molecule has 0 nitrogen and oxygen atoms in total. The Morgan fingerprint density at radius 3 is 1.62 bits per heavy atom. The van der Waals surface area contributed by atoms with Gasteiger partial charge in [-0.25, -0.2) is 12.2 Å². The van der Waals surface area contributed by atoms with Crippen molar-refractivity contribution in [1.29, 1.82) is 0 Å². The second kappa shape index (κ2) is 26.4. The van der Waals surface area contributed by atoms with Crippen molar-refractivity contribution < 1.29 is 26.2 Å². The van der Waals surface area contributed by atoms with Crippen molar-refractivity contribution >= 4 is 0 Å². The van der Waals surface area contributed by atoms with Crippen LogP contribution in [0.3, 0.4) is 0 Å². The van der Waals surface area contributed by atoms with Crippen molar-refractivity contribution in [2.75, 3.05) is 0 Å². The maximum atomic E-state index is 4.93. The molecule has 0 aliphatic rings. The van der Waals surface area contributed by atoms with Crippen LogP contribution in [0.15, 0.2) is 18.2 Å². The van der Waals surface area contributed by atoms with E-state index in [1.54, 1.807) is 6.08 Å². The molecular weight excluding hydrogens is 175 g/mol. The minimum absolute atomic E-state index is 0. The summed E-state index contributed by atoms with van der Waals surface area (Å²) in [6.45, 7) is 6.85. The Bertz CT molecular complexity index is 46.3. The average Bonchev–Trinajstić information content (AvgIpc) is 1.41. The fourth-order valence-electron chi connectivity index (χ4n) is 0.111. The predicted octanol–water partition coefficient (Wildman–Crippen LogP) is 2.45. The third-order valence-corrected chi connectivity index (χ3v) is 0.304. The Balaban J connectivity index is -0.0000000267. The number of rotatable bonds is 1. The number of hydrogen-bond acceptors (Lipinski definition) is 0. The van der Waals surface area contributed by atoms with Crippen LogP contribution in [0.1, 0.15) is 6.92 Å². The molecule has 0 aromatic rings. The molecule has 0 saturated heterocycles. The van der Waals surface area contributed by atoms with E-state index in [4.69, 9.17) is 6.58 Å². The Kier molecular flexibility index (Phi) is 78.5. The maximum absolute atomic E-state index is 4.93. The summed E-state index contributed by atoms with van der Waals surface area (Å²) in [6.07, 6.45) is 5.15. The summed E-state index contributed by atoms with van der Waals surface area (Å²) in [5.74, 6) is 0. The minimum atomic E-state index is 0. The van der Waals surface area contributed by atoms with Crippen LogP contribution >= 0.6 is 0 Å². The molecule has 0 N–H and O–H groups in total. The van der Waals surface area contributed by atoms with Crippen LogP contribution in [0.25, 0.3) is 0 Å². The van der Waals surface area contributed by atoms with Crippen LogP contribution in [0.4, 0.5) is 0 Å². The molecule has 0 aromatic heterocycles. The van der Waals surface area contributed by atoms with Gasteiger partial charge in [0.2, 0.25) is 0 Å². The van der Waals surface area contributed by atoms with Gasteiger partial charge in [-0.3, -0.25) is 6.58 Å². The number of allylic oxidation sites excluding steroid dienone is 3. The van der Waals surface area contributed by atoms with Crippen LogP contribution in [0.5, 0.6) is 0 Å². The summed E-state index contributed by atoms with van der Waals surface area (Å²) in [6, 6.07) is 0. The van der Waals surface area contributed by atoms with E-state index < -0.39 is 0 Å². The van der Waals surface area contributed by atoms with Crippen molar-refractivity contribution in [3.05, 3.63) is 39.7 Å². The van der Waals surface area contributed by atoms with E-state index in [9.17, 15) is 0 Å². The summed E-state index contributed by atoms with van der Waals surface area (Å²) in [4.78, 5) is 0. The first-order chi connectivity index (χ1) is 2.41. The summed E-state index contributed by atoms with van der Waals surface area (Å²) >= 11 is 0. The summed E-state index contributed by atoms with van der Waals surface area (Å²) in [5.41, 5.74) is 0. The molecule has 0 heterocycles. The van der Waals surface area contributed by atoms with Gasteiger partial charge >= 0.3 is 26.2 Å². The topological polar surface area (TPSA) is 0 Å². The van der Waals surface area contributed by atoms with Crippen molar-refractivity contribution in [3.8, 4) is 0 Å². The Labute approximate surface area is 72.8 Å². The largest absolute Gasteiger partial charge is 3.00 e. The third kappa shape index (κ3) is 32.8. The van der Waals surface area contributed by atoms with E-state index in [0.29, 0.717) is 0 Å². The molecule has 0 spiro atoms. The second-order valence-corrected chi connectivity index (χ2v) is 0.718. The molecule has 0 aliphatic heterocycles. The van der Waals surface area contributed by atoms with E-state index in [1.807, 2.05) is 13.0 Å². The van der Waals surface area contributed by atoms with E-state index >= 15 is 0 Å². The zero-order valence-electron chi connectivity index (χ0n) is 5.81. The molecule has 1 radical (unpaired) electrons. The van der Waals surface area contributed by atoms with Crippen LogP contribution in [0, 0.1) is 21.4 Å². The van der Waals surface area contributed by atoms with Gasteiger partial charge in [-0.15, -0.1) is 0 Å². The second-order valence-electron chi connectivity index (χ2n) is 0.718. The summed E-state index contributed by atoms with van der Waals surface area (Å²) in [5, 5.41) is 0. The molecule has 0 aliphatic carbocycles. The first-order valence-corrected chi connectivity index (χ1v) is 1.58. The smallest absolute Gasteiger partial charge is 0.358 e. The first-order valence-electron chi connectivity index (χ1n) is 1.58.